The van der Waals surface area contributed by atoms with Gasteiger partial charge in [-0.25, -0.2) is 9.67 Å². The predicted molar refractivity (Wildman–Crippen MR) is 52.3 cm³/mol. The first-order chi connectivity index (χ1) is 6.63. The third-order valence-corrected chi connectivity index (χ3v) is 1.68. The highest BCUT2D eigenvalue weighted by molar-refractivity contribution is 5.75. The van der Waals surface area contributed by atoms with Gasteiger partial charge in [0.2, 0.25) is 11.9 Å². The lowest BCUT2D eigenvalue weighted by Gasteiger charge is -2.13. The van der Waals surface area contributed by atoms with Crippen LogP contribution in [0.2, 0.25) is 0 Å². The van der Waals surface area contributed by atoms with Gasteiger partial charge in [0.05, 0.1) is 0 Å². The Morgan fingerprint density at radius 1 is 1.86 bits per heavy atom. The summed E-state index contributed by atoms with van der Waals surface area (Å²) in [7, 11) is 1.70. The van der Waals surface area contributed by atoms with Gasteiger partial charge in [-0.05, 0) is 0 Å². The molecule has 0 aliphatic rings. The van der Waals surface area contributed by atoms with Gasteiger partial charge in [0.1, 0.15) is 12.9 Å². The molecule has 0 aliphatic carbocycles. The van der Waals surface area contributed by atoms with Gasteiger partial charge >= 0.3 is 0 Å². The van der Waals surface area contributed by atoms with Gasteiger partial charge in [-0.1, -0.05) is 6.08 Å². The summed E-state index contributed by atoms with van der Waals surface area (Å²) in [5.74, 6) is 0.110. The Labute approximate surface area is 82.0 Å². The van der Waals surface area contributed by atoms with E-state index in [4.69, 9.17) is 5.73 Å². The summed E-state index contributed by atoms with van der Waals surface area (Å²) in [6.45, 7) is 4.21. The third-order valence-electron chi connectivity index (χ3n) is 1.68. The van der Waals surface area contributed by atoms with E-state index in [0.29, 0.717) is 6.54 Å². The molecule has 0 radical (unpaired) electrons. The van der Waals surface area contributed by atoms with Crippen LogP contribution in [0.15, 0.2) is 19.0 Å². The highest BCUT2D eigenvalue weighted by Crippen LogP contribution is 1.92. The molecule has 1 amide bonds. The van der Waals surface area contributed by atoms with Crippen molar-refractivity contribution in [3.63, 3.8) is 0 Å². The van der Waals surface area contributed by atoms with E-state index in [0.717, 1.165) is 0 Å². The summed E-state index contributed by atoms with van der Waals surface area (Å²) in [5.41, 5.74) is 5.30. The standard InChI is InChI=1S/C8H13N5O/c1-3-4-12(2)7(14)5-13-6-10-8(9)11-13/h3,6H,1,4-5H2,2H3,(H2,9,11). The smallest absolute Gasteiger partial charge is 0.244 e. The Balaban J connectivity index is 2.52. The molecule has 6 heteroatoms. The predicted octanol–water partition coefficient (Wildman–Crippen LogP) is -0.495. The van der Waals surface area contributed by atoms with Crippen molar-refractivity contribution in [3.05, 3.63) is 19.0 Å². The monoisotopic (exact) mass is 195 g/mol. The van der Waals surface area contributed by atoms with Crippen LogP contribution in [0.1, 0.15) is 0 Å². The fourth-order valence-corrected chi connectivity index (χ4v) is 0.940. The van der Waals surface area contributed by atoms with Gasteiger partial charge in [-0.2, -0.15) is 0 Å². The molecule has 6 nitrogen and oxygen atoms in total. The van der Waals surface area contributed by atoms with Crippen molar-refractivity contribution in [2.24, 2.45) is 0 Å². The maximum absolute atomic E-state index is 11.5. The number of likely N-dealkylation sites (N-methyl/N-ethyl adjacent to an activating group) is 1. The first-order valence-electron chi connectivity index (χ1n) is 4.13. The van der Waals surface area contributed by atoms with Crippen LogP contribution in [-0.4, -0.2) is 39.2 Å². The first kappa shape index (κ1) is 10.2. The van der Waals surface area contributed by atoms with E-state index in [2.05, 4.69) is 16.7 Å². The number of carbonyl (C=O) groups is 1. The van der Waals surface area contributed by atoms with Crippen LogP contribution >= 0.6 is 0 Å². The van der Waals surface area contributed by atoms with Crippen molar-refractivity contribution in [1.29, 1.82) is 0 Å². The van der Waals surface area contributed by atoms with Gasteiger partial charge in [0, 0.05) is 13.6 Å². The molecular formula is C8H13N5O. The Kier molecular flexibility index (Phi) is 3.22. The fourth-order valence-electron chi connectivity index (χ4n) is 0.940. The number of rotatable bonds is 4. The zero-order valence-electron chi connectivity index (χ0n) is 8.05. The number of aromatic nitrogens is 3. The molecule has 0 bridgehead atoms. The van der Waals surface area contributed by atoms with Crippen molar-refractivity contribution in [2.45, 2.75) is 6.54 Å². The molecule has 0 unspecified atom stereocenters. The fraction of sp³-hybridized carbons (Fsp3) is 0.375. The molecule has 0 atom stereocenters. The van der Waals surface area contributed by atoms with Crippen LogP contribution in [0, 0.1) is 0 Å². The van der Waals surface area contributed by atoms with E-state index in [1.54, 1.807) is 18.0 Å². The van der Waals surface area contributed by atoms with E-state index in [1.165, 1.54) is 11.0 Å². The average Bonchev–Trinajstić information content (AvgIpc) is 2.51. The summed E-state index contributed by atoms with van der Waals surface area (Å²) >= 11 is 0. The summed E-state index contributed by atoms with van der Waals surface area (Å²) < 4.78 is 1.40. The number of anilines is 1. The van der Waals surface area contributed by atoms with Crippen LogP contribution in [-0.2, 0) is 11.3 Å². The average molecular weight is 195 g/mol. The Bertz CT molecular complexity index is 332. The maximum atomic E-state index is 11.5. The van der Waals surface area contributed by atoms with Gasteiger partial charge in [-0.3, -0.25) is 4.79 Å². The van der Waals surface area contributed by atoms with Crippen LogP contribution in [0.3, 0.4) is 0 Å². The zero-order chi connectivity index (χ0) is 10.6. The lowest BCUT2D eigenvalue weighted by Crippen LogP contribution is -2.30. The molecule has 14 heavy (non-hydrogen) atoms. The lowest BCUT2D eigenvalue weighted by molar-refractivity contribution is -0.130. The Morgan fingerprint density at radius 3 is 3.07 bits per heavy atom. The van der Waals surface area contributed by atoms with Gasteiger partial charge in [0.15, 0.2) is 0 Å². The van der Waals surface area contributed by atoms with Crippen molar-refractivity contribution in [1.82, 2.24) is 19.7 Å². The topological polar surface area (TPSA) is 77.0 Å². The van der Waals surface area contributed by atoms with E-state index in [9.17, 15) is 4.79 Å². The molecule has 0 saturated carbocycles. The number of amides is 1. The second-order valence-electron chi connectivity index (χ2n) is 2.86. The molecule has 0 aliphatic heterocycles. The van der Waals surface area contributed by atoms with Crippen molar-refractivity contribution >= 4 is 11.9 Å². The minimum absolute atomic E-state index is 0.0604. The van der Waals surface area contributed by atoms with Crippen molar-refractivity contribution < 1.29 is 4.79 Å². The van der Waals surface area contributed by atoms with Gasteiger partial charge in [0.25, 0.3) is 0 Å². The number of nitrogens with two attached hydrogens (primary N) is 1. The van der Waals surface area contributed by atoms with Crippen LogP contribution in [0.4, 0.5) is 5.95 Å². The SMILES string of the molecule is C=CCN(C)C(=O)Cn1cnc(N)n1. The zero-order valence-corrected chi connectivity index (χ0v) is 8.05. The number of nitrogen functional groups attached to an aromatic ring is 1. The van der Waals surface area contributed by atoms with Gasteiger partial charge < -0.3 is 10.6 Å². The highest BCUT2D eigenvalue weighted by Gasteiger charge is 2.08. The Morgan fingerprint density at radius 2 is 2.57 bits per heavy atom. The molecule has 1 rings (SSSR count). The van der Waals surface area contributed by atoms with E-state index < -0.39 is 0 Å². The maximum Gasteiger partial charge on any atom is 0.244 e. The second kappa shape index (κ2) is 4.40. The molecular weight excluding hydrogens is 182 g/mol. The highest BCUT2D eigenvalue weighted by atomic mass is 16.2. The summed E-state index contributed by atoms with van der Waals surface area (Å²) in [6, 6.07) is 0. The van der Waals surface area contributed by atoms with E-state index in [-0.39, 0.29) is 18.4 Å². The number of hydrogen-bond donors (Lipinski definition) is 1. The quantitative estimate of drug-likeness (QED) is 0.657. The molecule has 2 N–H and O–H groups in total. The number of nitrogens with zero attached hydrogens (tertiary/aromatic N) is 4. The largest absolute Gasteiger partial charge is 0.367 e. The van der Waals surface area contributed by atoms with Crippen LogP contribution in [0.5, 0.6) is 0 Å². The minimum atomic E-state index is -0.0604. The molecule has 0 saturated heterocycles. The third kappa shape index (κ3) is 2.58. The molecule has 0 fully saturated rings. The summed E-state index contributed by atoms with van der Waals surface area (Å²) in [4.78, 5) is 16.7. The minimum Gasteiger partial charge on any atom is -0.367 e. The molecule has 1 heterocycles. The van der Waals surface area contributed by atoms with Crippen molar-refractivity contribution in [2.75, 3.05) is 19.3 Å². The van der Waals surface area contributed by atoms with E-state index >= 15 is 0 Å². The molecule has 0 spiro atoms. The molecule has 1 aromatic heterocycles. The molecule has 1 aromatic rings. The molecule has 76 valence electrons. The normalized spacial score (nSPS) is 9.79. The van der Waals surface area contributed by atoms with Crippen molar-refractivity contribution in [3.8, 4) is 0 Å². The Hall–Kier alpha value is -1.85. The summed E-state index contributed by atoms with van der Waals surface area (Å²) in [5, 5.41) is 3.80. The number of carbonyl (C=O) groups excluding carboxylic acids is 1. The van der Waals surface area contributed by atoms with E-state index in [1.807, 2.05) is 0 Å². The first-order valence-corrected chi connectivity index (χ1v) is 4.13. The number of hydrogen-bond acceptors (Lipinski definition) is 4. The lowest BCUT2D eigenvalue weighted by atomic mass is 10.5. The molecule has 0 aromatic carbocycles. The summed E-state index contributed by atoms with van der Waals surface area (Å²) in [6.07, 6.45) is 3.09. The van der Waals surface area contributed by atoms with Crippen LogP contribution in [0.25, 0.3) is 0 Å². The van der Waals surface area contributed by atoms with Gasteiger partial charge in [-0.15, -0.1) is 11.7 Å². The second-order valence-corrected chi connectivity index (χ2v) is 2.86. The van der Waals surface area contributed by atoms with Crippen LogP contribution < -0.4 is 5.73 Å².